The van der Waals surface area contributed by atoms with Gasteiger partial charge in [0.25, 0.3) is 0 Å². The van der Waals surface area contributed by atoms with E-state index in [0.717, 1.165) is 23.6 Å². The fourth-order valence-electron chi connectivity index (χ4n) is 2.41. The largest absolute Gasteiger partial charge is 0.348 e. The second-order valence-electron chi connectivity index (χ2n) is 5.89. The van der Waals surface area contributed by atoms with E-state index < -0.39 is 0 Å². The third kappa shape index (κ3) is 3.93. The molecule has 0 spiro atoms. The van der Waals surface area contributed by atoms with Crippen LogP contribution in [-0.2, 0) is 17.9 Å². The zero-order valence-corrected chi connectivity index (χ0v) is 15.1. The first-order valence-corrected chi connectivity index (χ1v) is 8.24. The first-order chi connectivity index (χ1) is 10.8. The van der Waals surface area contributed by atoms with Crippen LogP contribution in [0.1, 0.15) is 43.9 Å². The van der Waals surface area contributed by atoms with Gasteiger partial charge in [-0.3, -0.25) is 14.2 Å². The van der Waals surface area contributed by atoms with E-state index in [1.165, 1.54) is 0 Å². The molecule has 1 amide bonds. The second kappa shape index (κ2) is 7.17. The van der Waals surface area contributed by atoms with Gasteiger partial charge in [-0.1, -0.05) is 18.5 Å². The second-order valence-corrected chi connectivity index (χ2v) is 6.27. The van der Waals surface area contributed by atoms with Gasteiger partial charge in [-0.15, -0.1) is 0 Å². The van der Waals surface area contributed by atoms with Gasteiger partial charge in [-0.05, 0) is 33.8 Å². The van der Waals surface area contributed by atoms with Gasteiger partial charge in [-0.2, -0.15) is 10.2 Å². The lowest BCUT2D eigenvalue weighted by molar-refractivity contribution is -0.125. The maximum Gasteiger partial charge on any atom is 0.225 e. The molecule has 0 aliphatic rings. The first-order valence-electron chi connectivity index (χ1n) is 7.86. The molecule has 2 heterocycles. The minimum atomic E-state index is -0.209. The van der Waals surface area contributed by atoms with Crippen molar-refractivity contribution in [2.24, 2.45) is 5.92 Å². The predicted octanol–water partition coefficient (Wildman–Crippen LogP) is 2.88. The van der Waals surface area contributed by atoms with Crippen LogP contribution in [0, 0.1) is 19.8 Å². The molecule has 23 heavy (non-hydrogen) atoms. The summed E-state index contributed by atoms with van der Waals surface area (Å²) in [7, 11) is 0. The Morgan fingerprint density at radius 3 is 2.57 bits per heavy atom. The number of aryl methyl sites for hydroxylation is 2. The van der Waals surface area contributed by atoms with Crippen LogP contribution in [-0.4, -0.2) is 25.5 Å². The van der Waals surface area contributed by atoms with Crippen molar-refractivity contribution in [3.8, 4) is 0 Å². The maximum absolute atomic E-state index is 12.4. The van der Waals surface area contributed by atoms with Gasteiger partial charge < -0.3 is 5.32 Å². The van der Waals surface area contributed by atoms with Gasteiger partial charge in [0.1, 0.15) is 0 Å². The smallest absolute Gasteiger partial charge is 0.225 e. The molecule has 7 heteroatoms. The number of nitrogens with one attached hydrogen (secondary N) is 1. The van der Waals surface area contributed by atoms with Crippen LogP contribution >= 0.6 is 11.6 Å². The number of rotatable bonds is 6. The quantitative estimate of drug-likeness (QED) is 0.881. The summed E-state index contributed by atoms with van der Waals surface area (Å²) in [5, 5.41) is 12.5. The molecule has 126 valence electrons. The van der Waals surface area contributed by atoms with Crippen molar-refractivity contribution < 1.29 is 4.79 Å². The SMILES string of the molecule is CCn1ccc(C(C)NC(=O)C(C)Cn2nc(C)c(Cl)c2C)n1. The zero-order valence-electron chi connectivity index (χ0n) is 14.3. The van der Waals surface area contributed by atoms with Gasteiger partial charge in [0.15, 0.2) is 0 Å². The fraction of sp³-hybridized carbons (Fsp3) is 0.562. The highest BCUT2D eigenvalue weighted by Crippen LogP contribution is 2.20. The summed E-state index contributed by atoms with van der Waals surface area (Å²) in [6, 6.07) is 1.81. The van der Waals surface area contributed by atoms with E-state index in [2.05, 4.69) is 15.5 Å². The molecular weight excluding hydrogens is 314 g/mol. The van der Waals surface area contributed by atoms with Gasteiger partial charge in [0, 0.05) is 12.7 Å². The van der Waals surface area contributed by atoms with Crippen LogP contribution in [0.15, 0.2) is 12.3 Å². The number of nitrogens with zero attached hydrogens (tertiary/aromatic N) is 4. The van der Waals surface area contributed by atoms with E-state index in [9.17, 15) is 4.79 Å². The number of hydrogen-bond donors (Lipinski definition) is 1. The molecule has 0 fully saturated rings. The van der Waals surface area contributed by atoms with Gasteiger partial charge in [-0.25, -0.2) is 0 Å². The molecule has 2 aromatic heterocycles. The van der Waals surface area contributed by atoms with Crippen LogP contribution < -0.4 is 5.32 Å². The van der Waals surface area contributed by atoms with E-state index >= 15 is 0 Å². The Labute approximate surface area is 141 Å². The lowest BCUT2D eigenvalue weighted by atomic mass is 10.1. The van der Waals surface area contributed by atoms with Gasteiger partial charge in [0.05, 0.1) is 40.6 Å². The standard InChI is InChI=1S/C16H24ClN5O/c1-6-21-8-7-14(20-21)11(3)18-16(23)10(2)9-22-13(5)15(17)12(4)19-22/h7-8,10-11H,6,9H2,1-5H3,(H,18,23). The Morgan fingerprint density at radius 1 is 1.35 bits per heavy atom. The molecule has 2 unspecified atom stereocenters. The topological polar surface area (TPSA) is 64.7 Å². The van der Waals surface area contributed by atoms with Crippen LogP contribution in [0.25, 0.3) is 0 Å². The number of carbonyl (C=O) groups excluding carboxylic acids is 1. The van der Waals surface area contributed by atoms with Crippen molar-refractivity contribution >= 4 is 17.5 Å². The minimum Gasteiger partial charge on any atom is -0.348 e. The summed E-state index contributed by atoms with van der Waals surface area (Å²) in [5.41, 5.74) is 2.54. The van der Waals surface area contributed by atoms with Gasteiger partial charge in [0.2, 0.25) is 5.91 Å². The average Bonchev–Trinajstić information content (AvgIpc) is 3.09. The highest BCUT2D eigenvalue weighted by atomic mass is 35.5. The summed E-state index contributed by atoms with van der Waals surface area (Å²) in [6.45, 7) is 10.9. The predicted molar refractivity (Wildman–Crippen MR) is 90.3 cm³/mol. The molecule has 0 aliphatic heterocycles. The summed E-state index contributed by atoms with van der Waals surface area (Å²) in [5.74, 6) is -0.230. The zero-order chi connectivity index (χ0) is 17.1. The Morgan fingerprint density at radius 2 is 2.04 bits per heavy atom. The van der Waals surface area contributed by atoms with E-state index in [0.29, 0.717) is 11.6 Å². The minimum absolute atomic E-state index is 0.0211. The lowest BCUT2D eigenvalue weighted by Gasteiger charge is -2.17. The molecule has 0 bridgehead atoms. The summed E-state index contributed by atoms with van der Waals surface area (Å²) >= 11 is 6.15. The molecule has 0 aliphatic carbocycles. The van der Waals surface area contributed by atoms with Crippen LogP contribution in [0.4, 0.5) is 0 Å². The molecule has 1 N–H and O–H groups in total. The molecule has 2 atom stereocenters. The van der Waals surface area contributed by atoms with Crippen molar-refractivity contribution in [3.63, 3.8) is 0 Å². The Hall–Kier alpha value is -1.82. The molecule has 0 radical (unpaired) electrons. The molecule has 0 saturated heterocycles. The Balaban J connectivity index is 1.97. The van der Waals surface area contributed by atoms with Crippen molar-refractivity contribution in [3.05, 3.63) is 34.4 Å². The number of hydrogen-bond acceptors (Lipinski definition) is 3. The Bertz CT molecular complexity index is 691. The van der Waals surface area contributed by atoms with Crippen LogP contribution in [0.3, 0.4) is 0 Å². The third-order valence-electron chi connectivity index (χ3n) is 3.98. The molecule has 0 aromatic carbocycles. The number of halogens is 1. The average molecular weight is 338 g/mol. The molecule has 6 nitrogen and oxygen atoms in total. The van der Waals surface area contributed by atoms with Crippen molar-refractivity contribution in [1.82, 2.24) is 24.9 Å². The molecule has 2 aromatic rings. The van der Waals surface area contributed by atoms with E-state index in [4.69, 9.17) is 11.6 Å². The third-order valence-corrected chi connectivity index (χ3v) is 4.52. The monoisotopic (exact) mass is 337 g/mol. The summed E-state index contributed by atoms with van der Waals surface area (Å²) < 4.78 is 3.64. The molecule has 0 saturated carbocycles. The number of amides is 1. The molecular formula is C16H24ClN5O. The number of aromatic nitrogens is 4. The fourth-order valence-corrected chi connectivity index (χ4v) is 2.54. The van der Waals surface area contributed by atoms with Crippen molar-refractivity contribution in [1.29, 1.82) is 0 Å². The highest BCUT2D eigenvalue weighted by Gasteiger charge is 2.20. The van der Waals surface area contributed by atoms with E-state index in [1.54, 1.807) is 4.68 Å². The summed E-state index contributed by atoms with van der Waals surface area (Å²) in [6.07, 6.45) is 1.92. The lowest BCUT2D eigenvalue weighted by Crippen LogP contribution is -2.34. The van der Waals surface area contributed by atoms with E-state index in [-0.39, 0.29) is 17.9 Å². The first kappa shape index (κ1) is 17.5. The maximum atomic E-state index is 12.4. The number of carbonyl (C=O) groups is 1. The summed E-state index contributed by atoms with van der Waals surface area (Å²) in [4.78, 5) is 12.4. The normalized spacial score (nSPS) is 13.8. The highest BCUT2D eigenvalue weighted by molar-refractivity contribution is 6.31. The van der Waals surface area contributed by atoms with Crippen LogP contribution in [0.2, 0.25) is 5.02 Å². The Kier molecular flexibility index (Phi) is 5.46. The van der Waals surface area contributed by atoms with Crippen molar-refractivity contribution in [2.45, 2.75) is 53.8 Å². The van der Waals surface area contributed by atoms with Gasteiger partial charge >= 0.3 is 0 Å². The molecule has 2 rings (SSSR count). The van der Waals surface area contributed by atoms with Crippen molar-refractivity contribution in [2.75, 3.05) is 0 Å². The van der Waals surface area contributed by atoms with E-state index in [1.807, 2.05) is 51.6 Å². The van der Waals surface area contributed by atoms with Crippen LogP contribution in [0.5, 0.6) is 0 Å².